The van der Waals surface area contributed by atoms with Crippen molar-refractivity contribution in [1.29, 1.82) is 0 Å². The third-order valence-electron chi connectivity index (χ3n) is 4.50. The van der Waals surface area contributed by atoms with E-state index in [2.05, 4.69) is 24.1 Å². The van der Waals surface area contributed by atoms with E-state index >= 15 is 0 Å². The summed E-state index contributed by atoms with van der Waals surface area (Å²) in [4.78, 5) is 30.2. The van der Waals surface area contributed by atoms with Crippen molar-refractivity contribution in [3.05, 3.63) is 57.8 Å². The van der Waals surface area contributed by atoms with E-state index in [9.17, 15) is 9.59 Å². The second-order valence-corrected chi connectivity index (χ2v) is 8.57. The molecule has 0 aliphatic rings. The van der Waals surface area contributed by atoms with Gasteiger partial charge < -0.3 is 10.1 Å². The number of carbonyl (C=O) groups excluding carboxylic acids is 1. The second kappa shape index (κ2) is 10.00. The van der Waals surface area contributed by atoms with Gasteiger partial charge in [-0.3, -0.25) is 14.2 Å². The summed E-state index contributed by atoms with van der Waals surface area (Å²) in [6.45, 7) is 4.84. The van der Waals surface area contributed by atoms with Crippen LogP contribution in [0.5, 0.6) is 5.75 Å². The van der Waals surface area contributed by atoms with Crippen molar-refractivity contribution >= 4 is 40.2 Å². The van der Waals surface area contributed by atoms with Gasteiger partial charge >= 0.3 is 0 Å². The highest BCUT2D eigenvalue weighted by Crippen LogP contribution is 2.27. The number of amides is 1. The zero-order valence-corrected chi connectivity index (χ0v) is 18.7. The first-order valence-electron chi connectivity index (χ1n) is 9.66. The number of ether oxygens (including phenoxy) is 1. The summed E-state index contributed by atoms with van der Waals surface area (Å²) in [6.07, 6.45) is 0.912. The first-order valence-corrected chi connectivity index (χ1v) is 11.0. The summed E-state index contributed by atoms with van der Waals surface area (Å²) in [5.74, 6) is 1.09. The average molecular weight is 446 g/mol. The maximum absolute atomic E-state index is 13.3. The molecule has 3 rings (SSSR count). The van der Waals surface area contributed by atoms with Crippen LogP contribution in [0.1, 0.15) is 20.3 Å². The molecular formula is C22H24ClN3O3S. The van der Waals surface area contributed by atoms with Gasteiger partial charge in [-0.1, -0.05) is 49.3 Å². The monoisotopic (exact) mass is 445 g/mol. The Kier molecular flexibility index (Phi) is 7.39. The van der Waals surface area contributed by atoms with E-state index in [0.29, 0.717) is 45.0 Å². The highest BCUT2D eigenvalue weighted by Gasteiger charge is 2.17. The van der Waals surface area contributed by atoms with Gasteiger partial charge in [-0.15, -0.1) is 0 Å². The average Bonchev–Trinajstić information content (AvgIpc) is 2.72. The first-order chi connectivity index (χ1) is 14.4. The molecule has 3 aromatic rings. The predicted molar refractivity (Wildman–Crippen MR) is 122 cm³/mol. The number of halogens is 1. The number of methoxy groups -OCH3 is 1. The van der Waals surface area contributed by atoms with Crippen LogP contribution in [0.3, 0.4) is 0 Å². The molecule has 6 nitrogen and oxygen atoms in total. The third kappa shape index (κ3) is 5.15. The molecule has 0 spiro atoms. The Morgan fingerprint density at radius 2 is 2.03 bits per heavy atom. The summed E-state index contributed by atoms with van der Waals surface area (Å²) in [5, 5.41) is 4.24. The molecule has 1 aromatic heterocycles. The van der Waals surface area contributed by atoms with Crippen molar-refractivity contribution in [1.82, 2.24) is 14.9 Å². The van der Waals surface area contributed by atoms with Gasteiger partial charge in [0, 0.05) is 11.6 Å². The molecule has 0 aliphatic heterocycles. The Bertz CT molecular complexity index is 1110. The lowest BCUT2D eigenvalue weighted by Gasteiger charge is -2.16. The Morgan fingerprint density at radius 1 is 1.27 bits per heavy atom. The summed E-state index contributed by atoms with van der Waals surface area (Å²) in [5.41, 5.74) is 0.808. The first kappa shape index (κ1) is 22.2. The van der Waals surface area contributed by atoms with Gasteiger partial charge in [-0.05, 0) is 42.7 Å². The number of benzene rings is 2. The van der Waals surface area contributed by atoms with Gasteiger partial charge in [0.05, 0.1) is 29.5 Å². The zero-order chi connectivity index (χ0) is 21.7. The van der Waals surface area contributed by atoms with Gasteiger partial charge in [-0.25, -0.2) is 4.98 Å². The van der Waals surface area contributed by atoms with E-state index in [1.165, 1.54) is 16.3 Å². The van der Waals surface area contributed by atoms with Crippen LogP contribution in [0.15, 0.2) is 52.4 Å². The van der Waals surface area contributed by atoms with E-state index in [1.807, 2.05) is 12.1 Å². The van der Waals surface area contributed by atoms with E-state index in [4.69, 9.17) is 16.3 Å². The van der Waals surface area contributed by atoms with Crippen LogP contribution in [-0.2, 0) is 4.79 Å². The molecule has 0 bridgehead atoms. The van der Waals surface area contributed by atoms with Crippen LogP contribution < -0.4 is 15.6 Å². The molecule has 0 atom stereocenters. The van der Waals surface area contributed by atoms with Gasteiger partial charge in [0.25, 0.3) is 5.56 Å². The molecule has 0 radical (unpaired) electrons. The summed E-state index contributed by atoms with van der Waals surface area (Å²) in [6, 6.07) is 12.2. The number of nitrogens with one attached hydrogen (secondary N) is 1. The minimum atomic E-state index is -0.246. The molecule has 0 saturated heterocycles. The van der Waals surface area contributed by atoms with Crippen LogP contribution >= 0.6 is 23.4 Å². The quantitative estimate of drug-likeness (QED) is 0.413. The molecular weight excluding hydrogens is 422 g/mol. The smallest absolute Gasteiger partial charge is 0.266 e. The highest BCUT2D eigenvalue weighted by molar-refractivity contribution is 7.99. The topological polar surface area (TPSA) is 73.2 Å². The fourth-order valence-corrected chi connectivity index (χ4v) is 3.95. The molecule has 0 unspecified atom stereocenters. The molecule has 30 heavy (non-hydrogen) atoms. The van der Waals surface area contributed by atoms with Crippen LogP contribution in [0.2, 0.25) is 5.02 Å². The van der Waals surface area contributed by atoms with Gasteiger partial charge in [0.15, 0.2) is 5.16 Å². The van der Waals surface area contributed by atoms with Crippen molar-refractivity contribution in [3.63, 3.8) is 0 Å². The van der Waals surface area contributed by atoms with Crippen LogP contribution in [-0.4, -0.2) is 34.9 Å². The molecule has 0 saturated carbocycles. The molecule has 2 aromatic carbocycles. The lowest BCUT2D eigenvalue weighted by molar-refractivity contribution is -0.118. The van der Waals surface area contributed by atoms with Gasteiger partial charge in [-0.2, -0.15) is 0 Å². The maximum atomic E-state index is 13.3. The number of hydrogen-bond donors (Lipinski definition) is 1. The summed E-state index contributed by atoms with van der Waals surface area (Å²) >= 11 is 7.30. The lowest BCUT2D eigenvalue weighted by Crippen LogP contribution is -2.28. The fraction of sp³-hybridized carbons (Fsp3) is 0.318. The molecule has 0 aliphatic carbocycles. The Balaban J connectivity index is 2.01. The second-order valence-electron chi connectivity index (χ2n) is 7.19. The number of nitrogens with zero attached hydrogens (tertiary/aromatic N) is 2. The van der Waals surface area contributed by atoms with Gasteiger partial charge in [0.1, 0.15) is 5.75 Å². The van der Waals surface area contributed by atoms with Crippen LogP contribution in [0.25, 0.3) is 16.6 Å². The number of aromatic nitrogens is 2. The third-order valence-corrected chi connectivity index (χ3v) is 5.68. The lowest BCUT2D eigenvalue weighted by atomic mass is 10.1. The molecule has 158 valence electrons. The molecule has 1 heterocycles. The molecule has 1 amide bonds. The highest BCUT2D eigenvalue weighted by atomic mass is 35.5. The number of hydrogen-bond acceptors (Lipinski definition) is 5. The normalized spacial score (nSPS) is 11.1. The van der Waals surface area contributed by atoms with Crippen LogP contribution in [0, 0.1) is 5.92 Å². The number of carbonyl (C=O) groups is 1. The summed E-state index contributed by atoms with van der Waals surface area (Å²) < 4.78 is 6.93. The SMILES string of the molecule is COc1ccccc1-n1c(SCC(=O)NCCC(C)C)nc2cc(Cl)ccc2c1=O. The number of para-hydroxylation sites is 2. The molecule has 8 heteroatoms. The number of thioether (sulfide) groups is 1. The Labute approximate surface area is 184 Å². The molecule has 1 N–H and O–H groups in total. The van der Waals surface area contributed by atoms with Gasteiger partial charge in [0.2, 0.25) is 5.91 Å². The number of fused-ring (bicyclic) bond motifs is 1. The van der Waals surface area contributed by atoms with E-state index in [1.54, 1.807) is 37.4 Å². The minimum Gasteiger partial charge on any atom is -0.495 e. The Morgan fingerprint density at radius 3 is 2.77 bits per heavy atom. The van der Waals surface area contributed by atoms with E-state index in [-0.39, 0.29) is 17.2 Å². The number of rotatable bonds is 8. The predicted octanol–water partition coefficient (Wildman–Crippen LogP) is 4.30. The fourth-order valence-electron chi connectivity index (χ4n) is 2.94. The molecule has 0 fully saturated rings. The van der Waals surface area contributed by atoms with Crippen LogP contribution in [0.4, 0.5) is 0 Å². The van der Waals surface area contributed by atoms with Crippen molar-refractivity contribution in [2.24, 2.45) is 5.92 Å². The largest absolute Gasteiger partial charge is 0.495 e. The van der Waals surface area contributed by atoms with E-state index in [0.717, 1.165) is 6.42 Å². The van der Waals surface area contributed by atoms with Crippen molar-refractivity contribution < 1.29 is 9.53 Å². The summed E-state index contributed by atoms with van der Waals surface area (Å²) in [7, 11) is 1.55. The van der Waals surface area contributed by atoms with Crippen molar-refractivity contribution in [3.8, 4) is 11.4 Å². The standard InChI is InChI=1S/C22H24ClN3O3S/c1-14(2)10-11-24-20(27)13-30-22-25-17-12-15(23)8-9-16(17)21(28)26(22)18-6-4-5-7-19(18)29-3/h4-9,12,14H,10-11,13H2,1-3H3,(H,24,27). The maximum Gasteiger partial charge on any atom is 0.266 e. The van der Waals surface area contributed by atoms with Crippen molar-refractivity contribution in [2.75, 3.05) is 19.4 Å². The Hall–Kier alpha value is -2.51. The van der Waals surface area contributed by atoms with Crippen molar-refractivity contribution in [2.45, 2.75) is 25.4 Å². The minimum absolute atomic E-state index is 0.104. The zero-order valence-electron chi connectivity index (χ0n) is 17.1. The van der Waals surface area contributed by atoms with E-state index < -0.39 is 0 Å².